The number of hydrogen-bond acceptors (Lipinski definition) is 4. The van der Waals surface area contributed by atoms with Crippen LogP contribution in [-0.2, 0) is 0 Å². The van der Waals surface area contributed by atoms with Gasteiger partial charge >= 0.3 is 5.97 Å². The molecule has 0 aliphatic carbocycles. The van der Waals surface area contributed by atoms with E-state index in [4.69, 9.17) is 5.11 Å². The number of carboxylic acids is 1. The largest absolute Gasteiger partial charge is 0.478 e. The van der Waals surface area contributed by atoms with Crippen molar-refractivity contribution in [1.82, 2.24) is 9.97 Å². The molecule has 2 rings (SSSR count). The molecule has 0 spiro atoms. The SMILES string of the molecule is Cc1sccc1C=Cc1ncc(C(=O)O)c(C(C)C)n1. The number of aromatic nitrogens is 2. The summed E-state index contributed by atoms with van der Waals surface area (Å²) >= 11 is 1.68. The molecule has 1 N–H and O–H groups in total. The number of thiophene rings is 1. The zero-order valence-electron chi connectivity index (χ0n) is 11.6. The Morgan fingerprint density at radius 2 is 2.15 bits per heavy atom. The Kier molecular flexibility index (Phi) is 4.29. The Morgan fingerprint density at radius 1 is 1.40 bits per heavy atom. The van der Waals surface area contributed by atoms with Crippen molar-refractivity contribution >= 4 is 29.5 Å². The van der Waals surface area contributed by atoms with Crippen molar-refractivity contribution in [1.29, 1.82) is 0 Å². The number of rotatable bonds is 4. The van der Waals surface area contributed by atoms with E-state index in [1.54, 1.807) is 11.3 Å². The van der Waals surface area contributed by atoms with Crippen LogP contribution in [0.2, 0.25) is 0 Å². The van der Waals surface area contributed by atoms with Crippen LogP contribution in [0.4, 0.5) is 0 Å². The lowest BCUT2D eigenvalue weighted by atomic mass is 10.1. The van der Waals surface area contributed by atoms with E-state index in [-0.39, 0.29) is 11.5 Å². The lowest BCUT2D eigenvalue weighted by Gasteiger charge is -2.08. The molecule has 0 saturated carbocycles. The fourth-order valence-corrected chi connectivity index (χ4v) is 2.52. The van der Waals surface area contributed by atoms with Crippen LogP contribution in [0.3, 0.4) is 0 Å². The lowest BCUT2D eigenvalue weighted by Crippen LogP contribution is -2.08. The van der Waals surface area contributed by atoms with Gasteiger partial charge in [-0.15, -0.1) is 11.3 Å². The molecule has 2 aromatic rings. The summed E-state index contributed by atoms with van der Waals surface area (Å²) in [4.78, 5) is 20.8. The Labute approximate surface area is 121 Å². The highest BCUT2D eigenvalue weighted by atomic mass is 32.1. The Balaban J connectivity index is 2.34. The van der Waals surface area contributed by atoms with E-state index in [1.807, 2.05) is 37.4 Å². The number of hydrogen-bond donors (Lipinski definition) is 1. The first-order valence-electron chi connectivity index (χ1n) is 6.31. The minimum Gasteiger partial charge on any atom is -0.478 e. The summed E-state index contributed by atoms with van der Waals surface area (Å²) in [5, 5.41) is 11.2. The maximum atomic E-state index is 11.1. The van der Waals surface area contributed by atoms with Crippen LogP contribution in [0.15, 0.2) is 17.6 Å². The van der Waals surface area contributed by atoms with E-state index in [2.05, 4.69) is 16.9 Å². The molecule has 104 valence electrons. The number of aryl methyl sites for hydroxylation is 1. The Bertz CT molecular complexity index is 660. The summed E-state index contributed by atoms with van der Waals surface area (Å²) in [5.41, 5.74) is 1.87. The summed E-state index contributed by atoms with van der Waals surface area (Å²) in [5.74, 6) is -0.415. The van der Waals surface area contributed by atoms with Gasteiger partial charge in [-0.05, 0) is 35.9 Å². The first kappa shape index (κ1) is 14.4. The summed E-state index contributed by atoms with van der Waals surface area (Å²) in [6.45, 7) is 5.90. The van der Waals surface area contributed by atoms with Gasteiger partial charge in [-0.1, -0.05) is 19.9 Å². The van der Waals surface area contributed by atoms with Crippen molar-refractivity contribution in [2.24, 2.45) is 0 Å². The average molecular weight is 288 g/mol. The predicted octanol–water partition coefficient (Wildman–Crippen LogP) is 3.84. The second-order valence-electron chi connectivity index (χ2n) is 4.75. The van der Waals surface area contributed by atoms with Gasteiger partial charge < -0.3 is 5.11 Å². The van der Waals surface area contributed by atoms with E-state index in [0.717, 1.165) is 5.56 Å². The third kappa shape index (κ3) is 3.11. The highest BCUT2D eigenvalue weighted by Crippen LogP contribution is 2.19. The normalized spacial score (nSPS) is 11.4. The van der Waals surface area contributed by atoms with E-state index in [0.29, 0.717) is 11.5 Å². The van der Waals surface area contributed by atoms with Crippen LogP contribution >= 0.6 is 11.3 Å². The molecule has 0 aliphatic heterocycles. The summed E-state index contributed by atoms with van der Waals surface area (Å²) < 4.78 is 0. The van der Waals surface area contributed by atoms with E-state index >= 15 is 0 Å². The second-order valence-corrected chi connectivity index (χ2v) is 5.87. The quantitative estimate of drug-likeness (QED) is 0.928. The van der Waals surface area contributed by atoms with E-state index in [1.165, 1.54) is 11.1 Å². The van der Waals surface area contributed by atoms with Gasteiger partial charge in [0.25, 0.3) is 0 Å². The van der Waals surface area contributed by atoms with Crippen molar-refractivity contribution < 1.29 is 9.90 Å². The van der Waals surface area contributed by atoms with Gasteiger partial charge in [0, 0.05) is 11.1 Å². The van der Waals surface area contributed by atoms with Gasteiger partial charge in [-0.25, -0.2) is 14.8 Å². The molecule has 4 nitrogen and oxygen atoms in total. The molecule has 0 fully saturated rings. The molecule has 0 radical (unpaired) electrons. The van der Waals surface area contributed by atoms with Crippen LogP contribution in [0.5, 0.6) is 0 Å². The molecule has 0 bridgehead atoms. The Hall–Kier alpha value is -2.01. The minimum atomic E-state index is -0.988. The summed E-state index contributed by atoms with van der Waals surface area (Å²) in [6, 6.07) is 2.03. The monoisotopic (exact) mass is 288 g/mol. The van der Waals surface area contributed by atoms with Crippen LogP contribution < -0.4 is 0 Å². The molecule has 5 heteroatoms. The fraction of sp³-hybridized carbons (Fsp3) is 0.267. The third-order valence-corrected chi connectivity index (χ3v) is 3.79. The van der Waals surface area contributed by atoms with Crippen LogP contribution in [0.1, 0.15) is 52.1 Å². The molecule has 20 heavy (non-hydrogen) atoms. The summed E-state index contributed by atoms with van der Waals surface area (Å²) in [7, 11) is 0. The molecule has 0 aromatic carbocycles. The van der Waals surface area contributed by atoms with Gasteiger partial charge in [0.05, 0.1) is 11.3 Å². The predicted molar refractivity (Wildman–Crippen MR) is 81.1 cm³/mol. The number of carboxylic acid groups (broad SMARTS) is 1. The van der Waals surface area contributed by atoms with Crippen molar-refractivity contribution in [3.05, 3.63) is 45.2 Å². The van der Waals surface area contributed by atoms with Crippen LogP contribution in [0, 0.1) is 6.92 Å². The number of aromatic carboxylic acids is 1. The van der Waals surface area contributed by atoms with Gasteiger partial charge in [-0.3, -0.25) is 0 Å². The average Bonchev–Trinajstić information content (AvgIpc) is 2.81. The lowest BCUT2D eigenvalue weighted by molar-refractivity contribution is 0.0694. The smallest absolute Gasteiger partial charge is 0.339 e. The molecule has 0 saturated heterocycles. The third-order valence-electron chi connectivity index (χ3n) is 2.93. The summed E-state index contributed by atoms with van der Waals surface area (Å²) in [6.07, 6.45) is 5.14. The standard InChI is InChI=1S/C15H16N2O2S/c1-9(2)14-12(15(18)19)8-16-13(17-14)5-4-11-6-7-20-10(11)3/h4-9H,1-3H3,(H,18,19). The number of nitrogens with zero attached hydrogens (tertiary/aromatic N) is 2. The fourth-order valence-electron chi connectivity index (χ4n) is 1.83. The maximum Gasteiger partial charge on any atom is 0.339 e. The van der Waals surface area contributed by atoms with Crippen LogP contribution in [-0.4, -0.2) is 21.0 Å². The molecular weight excluding hydrogens is 272 g/mol. The Morgan fingerprint density at radius 3 is 2.70 bits per heavy atom. The van der Waals surface area contributed by atoms with Gasteiger partial charge in [0.15, 0.2) is 5.82 Å². The minimum absolute atomic E-state index is 0.0409. The molecule has 0 atom stereocenters. The highest BCUT2D eigenvalue weighted by molar-refractivity contribution is 7.10. The molecule has 2 aromatic heterocycles. The highest BCUT2D eigenvalue weighted by Gasteiger charge is 2.15. The van der Waals surface area contributed by atoms with Crippen molar-refractivity contribution in [3.8, 4) is 0 Å². The molecule has 0 aliphatic rings. The van der Waals surface area contributed by atoms with E-state index in [9.17, 15) is 4.79 Å². The van der Waals surface area contributed by atoms with Gasteiger partial charge in [0.2, 0.25) is 0 Å². The van der Waals surface area contributed by atoms with Gasteiger partial charge in [0.1, 0.15) is 0 Å². The zero-order valence-corrected chi connectivity index (χ0v) is 12.4. The number of carbonyl (C=O) groups is 1. The second kappa shape index (κ2) is 5.96. The molecule has 0 amide bonds. The van der Waals surface area contributed by atoms with Crippen molar-refractivity contribution in [2.45, 2.75) is 26.7 Å². The molecule has 2 heterocycles. The van der Waals surface area contributed by atoms with Crippen molar-refractivity contribution in [3.63, 3.8) is 0 Å². The molecule has 0 unspecified atom stereocenters. The maximum absolute atomic E-state index is 11.1. The van der Waals surface area contributed by atoms with E-state index < -0.39 is 5.97 Å². The van der Waals surface area contributed by atoms with Crippen molar-refractivity contribution in [2.75, 3.05) is 0 Å². The topological polar surface area (TPSA) is 63.1 Å². The first-order chi connectivity index (χ1) is 9.49. The van der Waals surface area contributed by atoms with Gasteiger partial charge in [-0.2, -0.15) is 0 Å². The molecular formula is C15H16N2O2S. The first-order valence-corrected chi connectivity index (χ1v) is 7.19. The van der Waals surface area contributed by atoms with Crippen LogP contribution in [0.25, 0.3) is 12.2 Å². The zero-order chi connectivity index (χ0) is 14.7.